The third-order valence-electron chi connectivity index (χ3n) is 4.34. The van der Waals surface area contributed by atoms with Crippen LogP contribution in [0.15, 0.2) is 34.7 Å². The molecule has 27 heavy (non-hydrogen) atoms. The van der Waals surface area contributed by atoms with E-state index in [4.69, 9.17) is 0 Å². The predicted molar refractivity (Wildman–Crippen MR) is 125 cm³/mol. The fourth-order valence-corrected chi connectivity index (χ4v) is 3.70. The Morgan fingerprint density at radius 2 is 2.07 bits per heavy atom. The number of likely N-dealkylation sites (tertiary alicyclic amines) is 1. The van der Waals surface area contributed by atoms with Crippen LogP contribution in [0.5, 0.6) is 0 Å². The Morgan fingerprint density at radius 3 is 2.63 bits per heavy atom. The van der Waals surface area contributed by atoms with Crippen molar-refractivity contribution in [1.82, 2.24) is 20.4 Å². The first-order valence-electron chi connectivity index (χ1n) is 9.11. The minimum Gasteiger partial charge on any atom is -0.354 e. The summed E-state index contributed by atoms with van der Waals surface area (Å²) in [5.41, 5.74) is 1.02. The Kier molecular flexibility index (Phi) is 10.9. The molecule has 2 heterocycles. The molecule has 8 heteroatoms. The number of nitrogens with zero attached hydrogens (tertiary/aromatic N) is 3. The normalized spacial score (nSPS) is 15.7. The van der Waals surface area contributed by atoms with Gasteiger partial charge >= 0.3 is 0 Å². The number of carbonyl (C=O) groups is 1. The Labute approximate surface area is 184 Å². The van der Waals surface area contributed by atoms with Crippen LogP contribution >= 0.6 is 35.3 Å². The maximum Gasteiger partial charge on any atom is 0.243 e. The number of amides is 1. The number of likely N-dealkylation sites (N-methyl/N-ethyl adjacent to an activating group) is 1. The zero-order valence-electron chi connectivity index (χ0n) is 16.5. The highest BCUT2D eigenvalue weighted by Crippen LogP contribution is 2.27. The summed E-state index contributed by atoms with van der Waals surface area (Å²) in [6.07, 6.45) is 2.52. The quantitative estimate of drug-likeness (QED) is 0.247. The molecule has 1 aliphatic heterocycles. The molecular formula is C19H32IN5OS. The van der Waals surface area contributed by atoms with Gasteiger partial charge in [-0.3, -0.25) is 9.69 Å². The minimum atomic E-state index is -0.0178. The molecule has 1 amide bonds. The van der Waals surface area contributed by atoms with E-state index in [9.17, 15) is 4.79 Å². The molecule has 2 N–H and O–H groups in total. The van der Waals surface area contributed by atoms with Crippen LogP contribution in [0.1, 0.15) is 30.7 Å². The number of rotatable bonds is 8. The van der Waals surface area contributed by atoms with Crippen LogP contribution in [0.3, 0.4) is 0 Å². The van der Waals surface area contributed by atoms with Crippen molar-refractivity contribution in [3.8, 4) is 0 Å². The van der Waals surface area contributed by atoms with Gasteiger partial charge in [-0.25, -0.2) is 4.99 Å². The van der Waals surface area contributed by atoms with E-state index in [0.29, 0.717) is 18.5 Å². The topological polar surface area (TPSA) is 60.0 Å². The van der Waals surface area contributed by atoms with Gasteiger partial charge in [-0.05, 0) is 44.3 Å². The number of hydrogen-bond donors (Lipinski definition) is 2. The molecule has 152 valence electrons. The van der Waals surface area contributed by atoms with Gasteiger partial charge in [0.15, 0.2) is 5.96 Å². The second kappa shape index (κ2) is 12.4. The van der Waals surface area contributed by atoms with Crippen molar-refractivity contribution in [1.29, 1.82) is 0 Å². The van der Waals surface area contributed by atoms with Gasteiger partial charge < -0.3 is 15.5 Å². The molecule has 1 atom stereocenters. The molecule has 0 aromatic carbocycles. The third kappa shape index (κ3) is 8.18. The standard InChI is InChI=1S/C19H31N5OS.HI/c1-15(2)12-20-19(22-14-18(25)23(3)4)21-13-16(17-8-7-11-26-17)24-9-5-6-10-24;/h7-8,11,16H,1,5-6,9-10,12-14H2,2-4H3,(H2,20,21,22);1H. The smallest absolute Gasteiger partial charge is 0.243 e. The summed E-state index contributed by atoms with van der Waals surface area (Å²) in [7, 11) is 3.49. The lowest BCUT2D eigenvalue weighted by molar-refractivity contribution is -0.127. The summed E-state index contributed by atoms with van der Waals surface area (Å²) in [4.78, 5) is 21.7. The van der Waals surface area contributed by atoms with E-state index in [0.717, 1.165) is 25.2 Å². The van der Waals surface area contributed by atoms with Crippen LogP contribution in [0.4, 0.5) is 0 Å². The van der Waals surface area contributed by atoms with Crippen LogP contribution in [0.25, 0.3) is 0 Å². The molecule has 0 spiro atoms. The molecule has 2 rings (SSSR count). The lowest BCUT2D eigenvalue weighted by atomic mass is 10.2. The summed E-state index contributed by atoms with van der Waals surface area (Å²) < 4.78 is 0. The fraction of sp³-hybridized carbons (Fsp3) is 0.579. The minimum absolute atomic E-state index is 0. The zero-order valence-corrected chi connectivity index (χ0v) is 19.7. The van der Waals surface area contributed by atoms with Gasteiger partial charge in [-0.15, -0.1) is 35.3 Å². The number of nitrogens with one attached hydrogen (secondary N) is 2. The van der Waals surface area contributed by atoms with Crippen molar-refractivity contribution >= 4 is 47.2 Å². The zero-order chi connectivity index (χ0) is 18.9. The highest BCUT2D eigenvalue weighted by molar-refractivity contribution is 14.0. The molecule has 0 radical (unpaired) electrons. The number of halogens is 1. The van der Waals surface area contributed by atoms with Crippen molar-refractivity contribution in [2.24, 2.45) is 4.99 Å². The van der Waals surface area contributed by atoms with E-state index in [1.54, 1.807) is 30.3 Å². The van der Waals surface area contributed by atoms with Gasteiger partial charge in [0.05, 0.1) is 6.04 Å². The molecule has 0 aliphatic carbocycles. The maximum absolute atomic E-state index is 11.9. The predicted octanol–water partition coefficient (Wildman–Crippen LogP) is 2.70. The van der Waals surface area contributed by atoms with Crippen molar-refractivity contribution in [2.45, 2.75) is 25.8 Å². The average molecular weight is 505 g/mol. The lowest BCUT2D eigenvalue weighted by Crippen LogP contribution is -2.43. The van der Waals surface area contributed by atoms with Crippen molar-refractivity contribution in [3.63, 3.8) is 0 Å². The Hall–Kier alpha value is -1.13. The second-order valence-electron chi connectivity index (χ2n) is 6.92. The monoisotopic (exact) mass is 505 g/mol. The maximum atomic E-state index is 11.9. The van der Waals surface area contributed by atoms with E-state index < -0.39 is 0 Å². The molecule has 1 fully saturated rings. The SMILES string of the molecule is C=C(C)CNC(=NCC(=O)N(C)C)NCC(c1cccs1)N1CCCC1.I. The summed E-state index contributed by atoms with van der Waals surface area (Å²) >= 11 is 1.79. The molecule has 0 bridgehead atoms. The first kappa shape index (κ1) is 23.9. The summed E-state index contributed by atoms with van der Waals surface area (Å²) in [6, 6.07) is 4.63. The molecule has 1 aliphatic rings. The molecule has 1 aromatic rings. The highest BCUT2D eigenvalue weighted by atomic mass is 127. The number of hydrogen-bond acceptors (Lipinski definition) is 4. The summed E-state index contributed by atoms with van der Waals surface area (Å²) in [5, 5.41) is 8.81. The van der Waals surface area contributed by atoms with Gasteiger partial charge in [0.1, 0.15) is 6.54 Å². The molecule has 0 saturated carbocycles. The second-order valence-corrected chi connectivity index (χ2v) is 7.90. The first-order valence-corrected chi connectivity index (χ1v) is 9.99. The Morgan fingerprint density at radius 1 is 1.37 bits per heavy atom. The van der Waals surface area contributed by atoms with Gasteiger partial charge in [0, 0.05) is 32.1 Å². The molecular weight excluding hydrogens is 473 g/mol. The van der Waals surface area contributed by atoms with E-state index >= 15 is 0 Å². The average Bonchev–Trinajstić information content (AvgIpc) is 3.30. The number of guanidine groups is 1. The van der Waals surface area contributed by atoms with E-state index in [-0.39, 0.29) is 36.4 Å². The van der Waals surface area contributed by atoms with Crippen molar-refractivity contribution < 1.29 is 4.79 Å². The third-order valence-corrected chi connectivity index (χ3v) is 5.32. The van der Waals surface area contributed by atoms with Crippen molar-refractivity contribution in [3.05, 3.63) is 34.5 Å². The first-order chi connectivity index (χ1) is 12.5. The Balaban J connectivity index is 0.00000364. The van der Waals surface area contributed by atoms with E-state index in [1.165, 1.54) is 17.7 Å². The fourth-order valence-electron chi connectivity index (χ4n) is 2.83. The Bertz CT molecular complexity index is 612. The number of carbonyl (C=O) groups excluding carboxylic acids is 1. The van der Waals surface area contributed by atoms with Crippen LogP contribution in [-0.2, 0) is 4.79 Å². The van der Waals surface area contributed by atoms with Crippen LogP contribution in [-0.4, -0.2) is 68.5 Å². The van der Waals surface area contributed by atoms with E-state index in [2.05, 4.69) is 44.6 Å². The van der Waals surface area contributed by atoms with Crippen LogP contribution < -0.4 is 10.6 Å². The van der Waals surface area contributed by atoms with Gasteiger partial charge in [-0.1, -0.05) is 18.2 Å². The van der Waals surface area contributed by atoms with Crippen LogP contribution in [0.2, 0.25) is 0 Å². The molecule has 1 aromatic heterocycles. The summed E-state index contributed by atoms with van der Waals surface area (Å²) in [6.45, 7) is 9.68. The van der Waals surface area contributed by atoms with Crippen molar-refractivity contribution in [2.75, 3.05) is 46.8 Å². The number of aliphatic imine (C=N–C) groups is 1. The van der Waals surface area contributed by atoms with Gasteiger partial charge in [-0.2, -0.15) is 0 Å². The number of thiophene rings is 1. The molecule has 6 nitrogen and oxygen atoms in total. The largest absolute Gasteiger partial charge is 0.354 e. The lowest BCUT2D eigenvalue weighted by Gasteiger charge is -2.27. The molecule has 1 unspecified atom stereocenters. The highest BCUT2D eigenvalue weighted by Gasteiger charge is 2.24. The van der Waals surface area contributed by atoms with Crippen LogP contribution in [0, 0.1) is 0 Å². The molecule has 1 saturated heterocycles. The summed E-state index contributed by atoms with van der Waals surface area (Å²) in [5.74, 6) is 0.639. The van der Waals surface area contributed by atoms with Gasteiger partial charge in [0.25, 0.3) is 0 Å². The van der Waals surface area contributed by atoms with Gasteiger partial charge in [0.2, 0.25) is 5.91 Å². The van der Waals surface area contributed by atoms with E-state index in [1.807, 2.05) is 6.92 Å².